The van der Waals surface area contributed by atoms with Crippen molar-refractivity contribution >= 4 is 15.7 Å². The number of likely N-dealkylation sites (N-methyl/N-ethyl adjacent to an activating group) is 1. The molecule has 1 heterocycles. The topological polar surface area (TPSA) is 58.6 Å². The van der Waals surface area contributed by atoms with Crippen LogP contribution >= 0.6 is 0 Å². The zero-order chi connectivity index (χ0) is 14.9. The number of rotatable bonds is 4. The molecule has 1 unspecified atom stereocenters. The summed E-state index contributed by atoms with van der Waals surface area (Å²) in [6.07, 6.45) is 0.752. The maximum absolute atomic E-state index is 12.4. The molecule has 0 amide bonds. The van der Waals surface area contributed by atoms with Crippen LogP contribution in [0.4, 0.5) is 5.69 Å². The van der Waals surface area contributed by atoms with Crippen LogP contribution in [0.15, 0.2) is 17.0 Å². The molecule has 0 saturated heterocycles. The number of aryl methyl sites for hydroxylation is 1. The van der Waals surface area contributed by atoms with Gasteiger partial charge in [0.25, 0.3) is 0 Å². The van der Waals surface area contributed by atoms with E-state index >= 15 is 0 Å². The molecule has 0 aromatic heterocycles. The van der Waals surface area contributed by atoms with Crippen LogP contribution in [0.2, 0.25) is 0 Å². The van der Waals surface area contributed by atoms with Gasteiger partial charge in [-0.05, 0) is 31.9 Å². The molecule has 1 N–H and O–H groups in total. The van der Waals surface area contributed by atoms with E-state index in [1.54, 1.807) is 6.07 Å². The SMILES string of the molecule is CCC(C)NS(=O)(=O)c1cc2c(cc1C)N(C)CCO2. The average molecular weight is 298 g/mol. The summed E-state index contributed by atoms with van der Waals surface area (Å²) in [6.45, 7) is 7.00. The Morgan fingerprint density at radius 2 is 2.15 bits per heavy atom. The number of nitrogens with one attached hydrogen (secondary N) is 1. The largest absolute Gasteiger partial charge is 0.490 e. The smallest absolute Gasteiger partial charge is 0.241 e. The molecule has 2 rings (SSSR count). The zero-order valence-corrected chi connectivity index (χ0v) is 13.3. The van der Waals surface area contributed by atoms with E-state index in [0.717, 1.165) is 24.2 Å². The van der Waals surface area contributed by atoms with Crippen LogP contribution < -0.4 is 14.4 Å². The summed E-state index contributed by atoms with van der Waals surface area (Å²) < 4.78 is 33.1. The Balaban J connectivity index is 2.43. The van der Waals surface area contributed by atoms with E-state index in [-0.39, 0.29) is 6.04 Å². The molecule has 0 aliphatic carbocycles. The Kier molecular flexibility index (Phi) is 4.25. The first-order valence-corrected chi connectivity index (χ1v) is 8.34. The number of fused-ring (bicyclic) bond motifs is 1. The van der Waals surface area contributed by atoms with Gasteiger partial charge in [-0.2, -0.15) is 0 Å². The fourth-order valence-electron chi connectivity index (χ4n) is 2.18. The molecule has 112 valence electrons. The van der Waals surface area contributed by atoms with Gasteiger partial charge in [0.2, 0.25) is 10.0 Å². The Bertz CT molecular complexity index is 599. The summed E-state index contributed by atoms with van der Waals surface area (Å²) in [6, 6.07) is 3.42. The third-order valence-corrected chi connectivity index (χ3v) is 5.34. The van der Waals surface area contributed by atoms with E-state index in [1.165, 1.54) is 0 Å². The van der Waals surface area contributed by atoms with Gasteiger partial charge in [-0.15, -0.1) is 0 Å². The summed E-state index contributed by atoms with van der Waals surface area (Å²) >= 11 is 0. The molecule has 1 aliphatic rings. The average Bonchev–Trinajstić information content (AvgIpc) is 2.38. The van der Waals surface area contributed by atoms with E-state index in [4.69, 9.17) is 4.74 Å². The van der Waals surface area contributed by atoms with Gasteiger partial charge in [0.1, 0.15) is 12.4 Å². The Morgan fingerprint density at radius 1 is 1.45 bits per heavy atom. The molecule has 0 bridgehead atoms. The molecule has 0 spiro atoms. The quantitative estimate of drug-likeness (QED) is 0.922. The predicted octanol–water partition coefficient (Wildman–Crippen LogP) is 1.90. The number of ether oxygens (including phenoxy) is 1. The number of hydrogen-bond donors (Lipinski definition) is 1. The molecule has 20 heavy (non-hydrogen) atoms. The molecular formula is C14H22N2O3S. The monoisotopic (exact) mass is 298 g/mol. The minimum atomic E-state index is -3.50. The first-order chi connectivity index (χ1) is 9.35. The first kappa shape index (κ1) is 15.1. The summed E-state index contributed by atoms with van der Waals surface area (Å²) in [5.74, 6) is 0.633. The lowest BCUT2D eigenvalue weighted by molar-refractivity contribution is 0.310. The van der Waals surface area contributed by atoms with E-state index in [2.05, 4.69) is 9.62 Å². The number of hydrogen-bond acceptors (Lipinski definition) is 4. The third kappa shape index (κ3) is 2.91. The van der Waals surface area contributed by atoms with E-state index in [9.17, 15) is 8.42 Å². The van der Waals surface area contributed by atoms with Gasteiger partial charge in [0.15, 0.2) is 0 Å². The molecule has 6 heteroatoms. The van der Waals surface area contributed by atoms with Crippen molar-refractivity contribution in [3.63, 3.8) is 0 Å². The molecule has 0 saturated carbocycles. The third-order valence-electron chi connectivity index (χ3n) is 3.61. The highest BCUT2D eigenvalue weighted by Gasteiger charge is 2.24. The van der Waals surface area contributed by atoms with Crippen LogP contribution in [0.25, 0.3) is 0 Å². The molecular weight excluding hydrogens is 276 g/mol. The van der Waals surface area contributed by atoms with Crippen LogP contribution in [0.3, 0.4) is 0 Å². The number of anilines is 1. The molecule has 1 aromatic rings. The second-order valence-corrected chi connectivity index (χ2v) is 6.97. The van der Waals surface area contributed by atoms with Crippen molar-refractivity contribution < 1.29 is 13.2 Å². The molecule has 1 aromatic carbocycles. The van der Waals surface area contributed by atoms with E-state index < -0.39 is 10.0 Å². The second-order valence-electron chi connectivity index (χ2n) is 5.29. The van der Waals surface area contributed by atoms with E-state index in [1.807, 2.05) is 33.9 Å². The molecule has 1 aliphatic heterocycles. The minimum absolute atomic E-state index is 0.0842. The molecule has 5 nitrogen and oxygen atoms in total. The number of nitrogens with zero attached hydrogens (tertiary/aromatic N) is 1. The highest BCUT2D eigenvalue weighted by molar-refractivity contribution is 7.89. The highest BCUT2D eigenvalue weighted by Crippen LogP contribution is 2.35. The van der Waals surface area contributed by atoms with Gasteiger partial charge in [0.05, 0.1) is 17.1 Å². The minimum Gasteiger partial charge on any atom is -0.490 e. The Morgan fingerprint density at radius 3 is 2.80 bits per heavy atom. The number of benzene rings is 1. The summed E-state index contributed by atoms with van der Waals surface area (Å²) in [5, 5.41) is 0. The van der Waals surface area contributed by atoms with Crippen molar-refractivity contribution in [2.75, 3.05) is 25.1 Å². The standard InChI is InChI=1S/C14H22N2O3S/c1-5-11(3)15-20(17,18)14-9-13-12(8-10(14)2)16(4)6-7-19-13/h8-9,11,15H,5-7H2,1-4H3. The lowest BCUT2D eigenvalue weighted by Crippen LogP contribution is -2.33. The van der Waals surface area contributed by atoms with Gasteiger partial charge in [-0.3, -0.25) is 0 Å². The Hall–Kier alpha value is -1.27. The summed E-state index contributed by atoms with van der Waals surface area (Å²) in [5.41, 5.74) is 1.67. The highest BCUT2D eigenvalue weighted by atomic mass is 32.2. The van der Waals surface area contributed by atoms with Crippen LogP contribution in [0.1, 0.15) is 25.8 Å². The lowest BCUT2D eigenvalue weighted by Gasteiger charge is -2.28. The van der Waals surface area contributed by atoms with Crippen molar-refractivity contribution in [2.45, 2.75) is 38.1 Å². The summed E-state index contributed by atoms with van der Waals surface area (Å²) in [4.78, 5) is 2.37. The normalized spacial score (nSPS) is 16.5. The predicted molar refractivity (Wildman–Crippen MR) is 80.0 cm³/mol. The van der Waals surface area contributed by atoms with Crippen LogP contribution in [0, 0.1) is 6.92 Å². The second kappa shape index (κ2) is 5.61. The van der Waals surface area contributed by atoms with Crippen molar-refractivity contribution in [2.24, 2.45) is 0 Å². The van der Waals surface area contributed by atoms with Crippen LogP contribution in [-0.2, 0) is 10.0 Å². The maximum atomic E-state index is 12.4. The van der Waals surface area contributed by atoms with Gasteiger partial charge in [0, 0.05) is 19.2 Å². The molecule has 1 atom stereocenters. The zero-order valence-electron chi connectivity index (χ0n) is 12.4. The van der Waals surface area contributed by atoms with E-state index in [0.29, 0.717) is 17.3 Å². The van der Waals surface area contributed by atoms with Crippen LogP contribution in [-0.4, -0.2) is 34.7 Å². The van der Waals surface area contributed by atoms with Gasteiger partial charge in [-0.1, -0.05) is 6.92 Å². The lowest BCUT2D eigenvalue weighted by atomic mass is 10.1. The Labute approximate surface area is 121 Å². The van der Waals surface area contributed by atoms with Crippen molar-refractivity contribution in [3.05, 3.63) is 17.7 Å². The van der Waals surface area contributed by atoms with Crippen molar-refractivity contribution in [3.8, 4) is 5.75 Å². The molecule has 0 fully saturated rings. The first-order valence-electron chi connectivity index (χ1n) is 6.86. The van der Waals surface area contributed by atoms with Gasteiger partial charge in [-0.25, -0.2) is 13.1 Å². The summed E-state index contributed by atoms with van der Waals surface area (Å²) in [7, 11) is -1.52. The van der Waals surface area contributed by atoms with Crippen molar-refractivity contribution in [1.82, 2.24) is 4.72 Å². The fourth-order valence-corrected chi connectivity index (χ4v) is 3.75. The van der Waals surface area contributed by atoms with Gasteiger partial charge >= 0.3 is 0 Å². The maximum Gasteiger partial charge on any atom is 0.241 e. The fraction of sp³-hybridized carbons (Fsp3) is 0.571. The molecule has 0 radical (unpaired) electrons. The van der Waals surface area contributed by atoms with Gasteiger partial charge < -0.3 is 9.64 Å². The number of sulfonamides is 1. The van der Waals surface area contributed by atoms with Crippen molar-refractivity contribution in [1.29, 1.82) is 0 Å². The van der Waals surface area contributed by atoms with Crippen LogP contribution in [0.5, 0.6) is 5.75 Å².